The van der Waals surface area contributed by atoms with E-state index < -0.39 is 15.8 Å². The van der Waals surface area contributed by atoms with Crippen LogP contribution in [0.2, 0.25) is 0 Å². The summed E-state index contributed by atoms with van der Waals surface area (Å²) in [7, 11) is -2.21. The Hall–Kier alpha value is -2.25. The summed E-state index contributed by atoms with van der Waals surface area (Å²) in [6.07, 6.45) is 2.79. The molecule has 1 aliphatic rings. The summed E-state index contributed by atoms with van der Waals surface area (Å²) >= 11 is 0. The van der Waals surface area contributed by atoms with Crippen LogP contribution in [0.4, 0.5) is 4.39 Å². The average Bonchev–Trinajstić information content (AvgIpc) is 3.52. The monoisotopic (exact) mass is 404 g/mol. The van der Waals surface area contributed by atoms with Gasteiger partial charge >= 0.3 is 0 Å². The van der Waals surface area contributed by atoms with Gasteiger partial charge in [-0.3, -0.25) is 4.79 Å². The number of carbonyl (C=O) groups is 1. The van der Waals surface area contributed by atoms with E-state index in [0.717, 1.165) is 30.5 Å². The highest BCUT2D eigenvalue weighted by atomic mass is 32.2. The first-order valence-electron chi connectivity index (χ1n) is 9.43. The van der Waals surface area contributed by atoms with E-state index in [1.807, 2.05) is 35.2 Å². The number of nitrogens with zero attached hydrogens (tertiary/aromatic N) is 2. The summed E-state index contributed by atoms with van der Waals surface area (Å²) in [6.45, 7) is 0.823. The van der Waals surface area contributed by atoms with Crippen LogP contribution < -0.4 is 0 Å². The van der Waals surface area contributed by atoms with Crippen LogP contribution in [0.25, 0.3) is 0 Å². The fraction of sp³-hybridized carbons (Fsp3) is 0.381. The van der Waals surface area contributed by atoms with Crippen molar-refractivity contribution in [3.8, 4) is 0 Å². The first-order valence-corrected chi connectivity index (χ1v) is 10.9. The van der Waals surface area contributed by atoms with Gasteiger partial charge in [-0.2, -0.15) is 0 Å². The second-order valence-corrected chi connectivity index (χ2v) is 9.17. The summed E-state index contributed by atoms with van der Waals surface area (Å²) in [5.41, 5.74) is 1.10. The minimum absolute atomic E-state index is 0.0476. The van der Waals surface area contributed by atoms with E-state index in [0.29, 0.717) is 25.4 Å². The van der Waals surface area contributed by atoms with Gasteiger partial charge < -0.3 is 4.90 Å². The van der Waals surface area contributed by atoms with Crippen molar-refractivity contribution in [2.75, 3.05) is 13.6 Å². The first kappa shape index (κ1) is 20.5. The maximum absolute atomic E-state index is 13.0. The number of hydrogen-bond acceptors (Lipinski definition) is 3. The topological polar surface area (TPSA) is 57.7 Å². The zero-order chi connectivity index (χ0) is 20.1. The fourth-order valence-electron chi connectivity index (χ4n) is 3.09. The van der Waals surface area contributed by atoms with Crippen LogP contribution >= 0.6 is 0 Å². The third-order valence-corrected chi connectivity index (χ3v) is 6.76. The standard InChI is InChI=1S/C21H25FN2O3S/c1-23(28(26,27)20-13-9-18(22)10-14-20)15-5-8-21(25)24(19-11-12-19)16-17-6-3-2-4-7-17/h2-4,6-7,9-10,13-14,19H,5,8,11-12,15-16H2,1H3. The Morgan fingerprint density at radius 3 is 2.32 bits per heavy atom. The lowest BCUT2D eigenvalue weighted by atomic mass is 10.2. The molecule has 1 saturated carbocycles. The third kappa shape index (κ3) is 5.17. The molecule has 150 valence electrons. The largest absolute Gasteiger partial charge is 0.335 e. The van der Waals surface area contributed by atoms with Crippen LogP contribution in [0.15, 0.2) is 59.5 Å². The van der Waals surface area contributed by atoms with Crippen molar-refractivity contribution >= 4 is 15.9 Å². The highest BCUT2D eigenvalue weighted by molar-refractivity contribution is 7.89. The number of halogens is 1. The Bertz CT molecular complexity index is 897. The van der Waals surface area contributed by atoms with E-state index in [1.54, 1.807) is 0 Å². The first-order chi connectivity index (χ1) is 13.4. The number of rotatable bonds is 9. The van der Waals surface area contributed by atoms with Gasteiger partial charge in [0.2, 0.25) is 15.9 Å². The molecule has 0 aliphatic heterocycles. The van der Waals surface area contributed by atoms with E-state index in [-0.39, 0.29) is 17.3 Å². The molecule has 0 radical (unpaired) electrons. The van der Waals surface area contributed by atoms with Gasteiger partial charge in [0.05, 0.1) is 4.90 Å². The van der Waals surface area contributed by atoms with Crippen molar-refractivity contribution in [1.29, 1.82) is 0 Å². The van der Waals surface area contributed by atoms with Gasteiger partial charge in [-0.1, -0.05) is 30.3 Å². The minimum atomic E-state index is -3.68. The summed E-state index contributed by atoms with van der Waals surface area (Å²) in [6, 6.07) is 14.9. The summed E-state index contributed by atoms with van der Waals surface area (Å²) < 4.78 is 39.3. The van der Waals surface area contributed by atoms with Crippen LogP contribution in [0.1, 0.15) is 31.2 Å². The highest BCUT2D eigenvalue weighted by Crippen LogP contribution is 2.29. The Labute approximate surface area is 165 Å². The molecule has 1 fully saturated rings. The fourth-order valence-corrected chi connectivity index (χ4v) is 4.30. The van der Waals surface area contributed by atoms with Gasteiger partial charge in [0, 0.05) is 32.6 Å². The average molecular weight is 405 g/mol. The predicted octanol–water partition coefficient (Wildman–Crippen LogP) is 3.42. The Morgan fingerprint density at radius 2 is 1.71 bits per heavy atom. The molecule has 0 N–H and O–H groups in total. The highest BCUT2D eigenvalue weighted by Gasteiger charge is 2.32. The maximum atomic E-state index is 13.0. The lowest BCUT2D eigenvalue weighted by Crippen LogP contribution is -2.33. The van der Waals surface area contributed by atoms with E-state index >= 15 is 0 Å². The van der Waals surface area contributed by atoms with Crippen LogP contribution in [0, 0.1) is 5.82 Å². The number of amides is 1. The van der Waals surface area contributed by atoms with Crippen LogP contribution in [0.3, 0.4) is 0 Å². The molecule has 3 rings (SSSR count). The Kier molecular flexibility index (Phi) is 6.46. The van der Waals surface area contributed by atoms with Crippen LogP contribution in [-0.2, 0) is 21.4 Å². The van der Waals surface area contributed by atoms with Crippen molar-refractivity contribution in [3.63, 3.8) is 0 Å². The van der Waals surface area contributed by atoms with E-state index in [1.165, 1.54) is 23.5 Å². The van der Waals surface area contributed by atoms with Crippen molar-refractivity contribution in [1.82, 2.24) is 9.21 Å². The maximum Gasteiger partial charge on any atom is 0.242 e. The molecule has 28 heavy (non-hydrogen) atoms. The number of sulfonamides is 1. The van der Waals surface area contributed by atoms with Crippen LogP contribution in [-0.4, -0.2) is 43.2 Å². The molecule has 0 spiro atoms. The summed E-state index contributed by atoms with van der Waals surface area (Å²) in [5.74, 6) is -0.426. The lowest BCUT2D eigenvalue weighted by Gasteiger charge is -2.23. The summed E-state index contributed by atoms with van der Waals surface area (Å²) in [5, 5.41) is 0. The molecule has 0 saturated heterocycles. The molecule has 7 heteroatoms. The smallest absolute Gasteiger partial charge is 0.242 e. The normalized spacial score (nSPS) is 14.2. The molecule has 0 unspecified atom stereocenters. The van der Waals surface area contributed by atoms with Gasteiger partial charge in [-0.25, -0.2) is 17.1 Å². The molecule has 0 heterocycles. The zero-order valence-corrected chi connectivity index (χ0v) is 16.7. The van der Waals surface area contributed by atoms with Gasteiger partial charge in [0.15, 0.2) is 0 Å². The van der Waals surface area contributed by atoms with E-state index in [9.17, 15) is 17.6 Å². The number of benzene rings is 2. The van der Waals surface area contributed by atoms with E-state index in [4.69, 9.17) is 0 Å². The molecule has 0 atom stereocenters. The molecule has 2 aromatic rings. The lowest BCUT2D eigenvalue weighted by molar-refractivity contribution is -0.132. The zero-order valence-electron chi connectivity index (χ0n) is 15.9. The quantitative estimate of drug-likeness (QED) is 0.644. The van der Waals surface area contributed by atoms with Gasteiger partial charge in [0.25, 0.3) is 0 Å². The molecular formula is C21H25FN2O3S. The number of hydrogen-bond donors (Lipinski definition) is 0. The number of carbonyl (C=O) groups excluding carboxylic acids is 1. The van der Waals surface area contributed by atoms with Crippen LogP contribution in [0.5, 0.6) is 0 Å². The molecule has 1 aliphatic carbocycles. The van der Waals surface area contributed by atoms with Crippen molar-refractivity contribution in [3.05, 3.63) is 66.0 Å². The predicted molar refractivity (Wildman–Crippen MR) is 105 cm³/mol. The molecule has 1 amide bonds. The Morgan fingerprint density at radius 1 is 1.07 bits per heavy atom. The van der Waals surface area contributed by atoms with Crippen molar-refractivity contribution in [2.45, 2.75) is 43.2 Å². The van der Waals surface area contributed by atoms with Gasteiger partial charge in [0.1, 0.15) is 5.82 Å². The van der Waals surface area contributed by atoms with Crippen molar-refractivity contribution < 1.29 is 17.6 Å². The summed E-state index contributed by atoms with van der Waals surface area (Å²) in [4.78, 5) is 14.6. The van der Waals surface area contributed by atoms with Crippen molar-refractivity contribution in [2.24, 2.45) is 0 Å². The second-order valence-electron chi connectivity index (χ2n) is 7.12. The minimum Gasteiger partial charge on any atom is -0.335 e. The molecular weight excluding hydrogens is 379 g/mol. The molecule has 5 nitrogen and oxygen atoms in total. The van der Waals surface area contributed by atoms with Gasteiger partial charge in [-0.15, -0.1) is 0 Å². The third-order valence-electron chi connectivity index (χ3n) is 4.89. The molecule has 0 aromatic heterocycles. The molecule has 0 bridgehead atoms. The Balaban J connectivity index is 1.54. The SMILES string of the molecule is CN(CCCC(=O)N(Cc1ccccc1)C1CC1)S(=O)(=O)c1ccc(F)cc1. The molecule has 2 aromatic carbocycles. The van der Waals surface area contributed by atoms with Gasteiger partial charge in [-0.05, 0) is 49.1 Å². The second kappa shape index (κ2) is 8.84. The van der Waals surface area contributed by atoms with E-state index in [2.05, 4.69) is 0 Å².